The van der Waals surface area contributed by atoms with Crippen LogP contribution in [0, 0.1) is 13.8 Å². The average molecular weight is 291 g/mol. The molecule has 2 rings (SSSR count). The molecule has 0 atom stereocenters. The Morgan fingerprint density at radius 2 is 2.15 bits per heavy atom. The number of amides is 1. The van der Waals surface area contributed by atoms with Crippen molar-refractivity contribution in [3.63, 3.8) is 0 Å². The molecule has 0 fully saturated rings. The van der Waals surface area contributed by atoms with E-state index in [4.69, 9.17) is 4.74 Å². The summed E-state index contributed by atoms with van der Waals surface area (Å²) in [7, 11) is 1.58. The summed E-state index contributed by atoms with van der Waals surface area (Å²) in [5.41, 5.74) is 2.58. The topological polar surface area (TPSA) is 67.0 Å². The summed E-state index contributed by atoms with van der Waals surface area (Å²) in [5, 5.41) is 9.86. The Hall–Kier alpha value is -1.95. The summed E-state index contributed by atoms with van der Waals surface area (Å²) in [6.07, 6.45) is 0. The number of para-hydroxylation sites is 2. The Morgan fingerprint density at radius 1 is 1.40 bits per heavy atom. The van der Waals surface area contributed by atoms with Crippen LogP contribution >= 0.6 is 11.8 Å². The second kappa shape index (κ2) is 6.47. The lowest BCUT2D eigenvalue weighted by Crippen LogP contribution is -2.14. The summed E-state index contributed by atoms with van der Waals surface area (Å²) < 4.78 is 5.20. The highest BCUT2D eigenvalue weighted by atomic mass is 32.2. The third kappa shape index (κ3) is 3.33. The molecule has 1 heterocycles. The number of carbonyl (C=O) groups is 1. The smallest absolute Gasteiger partial charge is 0.234 e. The van der Waals surface area contributed by atoms with E-state index in [9.17, 15) is 4.79 Å². The van der Waals surface area contributed by atoms with Gasteiger partial charge in [0.05, 0.1) is 29.1 Å². The van der Waals surface area contributed by atoms with E-state index in [-0.39, 0.29) is 5.91 Å². The highest BCUT2D eigenvalue weighted by Crippen LogP contribution is 2.26. The second-order valence-electron chi connectivity index (χ2n) is 4.30. The first-order chi connectivity index (χ1) is 9.61. The van der Waals surface area contributed by atoms with Gasteiger partial charge in [-0.3, -0.25) is 9.89 Å². The van der Waals surface area contributed by atoms with Gasteiger partial charge < -0.3 is 10.1 Å². The maximum Gasteiger partial charge on any atom is 0.234 e. The first-order valence-corrected chi connectivity index (χ1v) is 7.17. The molecule has 5 nitrogen and oxygen atoms in total. The largest absolute Gasteiger partial charge is 0.495 e. The Bertz CT molecular complexity index is 591. The number of aromatic amines is 1. The number of aryl methyl sites for hydroxylation is 2. The number of ether oxygens (including phenoxy) is 1. The summed E-state index contributed by atoms with van der Waals surface area (Å²) in [6.45, 7) is 3.87. The molecule has 2 aromatic rings. The first-order valence-electron chi connectivity index (χ1n) is 6.19. The van der Waals surface area contributed by atoms with Gasteiger partial charge in [-0.25, -0.2) is 0 Å². The molecule has 1 amide bonds. The normalized spacial score (nSPS) is 10.3. The van der Waals surface area contributed by atoms with Crippen LogP contribution in [0.3, 0.4) is 0 Å². The minimum Gasteiger partial charge on any atom is -0.495 e. The number of carbonyl (C=O) groups excluding carboxylic acids is 1. The molecule has 0 spiro atoms. The summed E-state index contributed by atoms with van der Waals surface area (Å²) >= 11 is 1.47. The van der Waals surface area contributed by atoms with E-state index in [1.165, 1.54) is 11.8 Å². The van der Waals surface area contributed by atoms with E-state index in [1.807, 2.05) is 38.1 Å². The van der Waals surface area contributed by atoms with Crippen molar-refractivity contribution < 1.29 is 9.53 Å². The van der Waals surface area contributed by atoms with Gasteiger partial charge in [0.2, 0.25) is 5.91 Å². The summed E-state index contributed by atoms with van der Waals surface area (Å²) in [4.78, 5) is 13.0. The van der Waals surface area contributed by atoms with Crippen LogP contribution in [0.2, 0.25) is 0 Å². The maximum absolute atomic E-state index is 12.0. The molecule has 0 aliphatic carbocycles. The molecule has 0 aliphatic heterocycles. The van der Waals surface area contributed by atoms with E-state index < -0.39 is 0 Å². The van der Waals surface area contributed by atoms with Crippen LogP contribution in [0.15, 0.2) is 29.2 Å². The predicted octanol–water partition coefficient (Wildman–Crippen LogP) is 2.77. The van der Waals surface area contributed by atoms with E-state index in [1.54, 1.807) is 7.11 Å². The van der Waals surface area contributed by atoms with Crippen LogP contribution in [0.25, 0.3) is 0 Å². The number of aromatic nitrogens is 2. The van der Waals surface area contributed by atoms with Gasteiger partial charge in [0, 0.05) is 5.69 Å². The number of thioether (sulfide) groups is 1. The predicted molar refractivity (Wildman–Crippen MR) is 80.4 cm³/mol. The number of H-pyrrole nitrogens is 1. The fourth-order valence-electron chi connectivity index (χ4n) is 1.83. The van der Waals surface area contributed by atoms with Crippen molar-refractivity contribution in [3.05, 3.63) is 35.7 Å². The van der Waals surface area contributed by atoms with Crippen molar-refractivity contribution in [1.82, 2.24) is 10.2 Å². The van der Waals surface area contributed by atoms with Crippen LogP contribution in [-0.2, 0) is 4.79 Å². The molecule has 0 radical (unpaired) electrons. The molecular weight excluding hydrogens is 274 g/mol. The quantitative estimate of drug-likeness (QED) is 0.831. The van der Waals surface area contributed by atoms with Gasteiger partial charge in [-0.05, 0) is 26.0 Å². The van der Waals surface area contributed by atoms with Crippen molar-refractivity contribution in [2.75, 3.05) is 18.2 Å². The minimum absolute atomic E-state index is 0.0699. The molecular formula is C14H17N3O2S. The zero-order valence-corrected chi connectivity index (χ0v) is 12.5. The van der Waals surface area contributed by atoms with Gasteiger partial charge in [0.25, 0.3) is 0 Å². The maximum atomic E-state index is 12.0. The number of anilines is 1. The van der Waals surface area contributed by atoms with Gasteiger partial charge in [-0.15, -0.1) is 11.8 Å². The number of nitrogens with one attached hydrogen (secondary N) is 2. The minimum atomic E-state index is -0.0699. The molecule has 1 aromatic heterocycles. The number of benzene rings is 1. The molecule has 106 valence electrons. The van der Waals surface area contributed by atoms with E-state index in [2.05, 4.69) is 15.5 Å². The SMILES string of the molecule is COc1ccccc1NC(=O)CSc1c(C)n[nH]c1C. The van der Waals surface area contributed by atoms with Crippen molar-refractivity contribution in [2.24, 2.45) is 0 Å². The molecule has 2 N–H and O–H groups in total. The molecule has 0 unspecified atom stereocenters. The average Bonchev–Trinajstić information content (AvgIpc) is 2.76. The fourth-order valence-corrected chi connectivity index (χ4v) is 2.69. The number of methoxy groups -OCH3 is 1. The lowest BCUT2D eigenvalue weighted by molar-refractivity contribution is -0.113. The van der Waals surface area contributed by atoms with Gasteiger partial charge in [0.15, 0.2) is 0 Å². The lowest BCUT2D eigenvalue weighted by atomic mass is 10.3. The fraction of sp³-hybridized carbons (Fsp3) is 0.286. The number of hydrogen-bond donors (Lipinski definition) is 2. The highest BCUT2D eigenvalue weighted by Gasteiger charge is 2.11. The Morgan fingerprint density at radius 3 is 2.80 bits per heavy atom. The number of hydrogen-bond acceptors (Lipinski definition) is 4. The molecule has 20 heavy (non-hydrogen) atoms. The molecule has 1 aromatic carbocycles. The molecule has 6 heteroatoms. The standard InChI is InChI=1S/C14H17N3O2S/c1-9-14(10(2)17-16-9)20-8-13(18)15-11-6-4-5-7-12(11)19-3/h4-7H,8H2,1-3H3,(H,15,18)(H,16,17). The van der Waals surface area contributed by atoms with E-state index in [0.717, 1.165) is 16.3 Å². The van der Waals surface area contributed by atoms with Crippen LogP contribution in [0.4, 0.5) is 5.69 Å². The highest BCUT2D eigenvalue weighted by molar-refractivity contribution is 8.00. The molecule has 0 saturated heterocycles. The van der Waals surface area contributed by atoms with Crippen molar-refractivity contribution in [2.45, 2.75) is 18.7 Å². The van der Waals surface area contributed by atoms with Crippen molar-refractivity contribution >= 4 is 23.4 Å². The van der Waals surface area contributed by atoms with Crippen LogP contribution in [0.5, 0.6) is 5.75 Å². The van der Waals surface area contributed by atoms with Crippen molar-refractivity contribution in [1.29, 1.82) is 0 Å². The summed E-state index contributed by atoms with van der Waals surface area (Å²) in [6, 6.07) is 7.35. The van der Waals surface area contributed by atoms with Crippen LogP contribution in [-0.4, -0.2) is 29.0 Å². The zero-order chi connectivity index (χ0) is 14.5. The van der Waals surface area contributed by atoms with Crippen molar-refractivity contribution in [3.8, 4) is 5.75 Å². The van der Waals surface area contributed by atoms with Crippen LogP contribution < -0.4 is 10.1 Å². The first kappa shape index (κ1) is 14.5. The lowest BCUT2D eigenvalue weighted by Gasteiger charge is -2.09. The third-order valence-electron chi connectivity index (χ3n) is 2.79. The monoisotopic (exact) mass is 291 g/mol. The molecule has 0 aliphatic rings. The summed E-state index contributed by atoms with van der Waals surface area (Å²) in [5.74, 6) is 0.917. The van der Waals surface area contributed by atoms with E-state index in [0.29, 0.717) is 17.2 Å². The molecule has 0 bridgehead atoms. The van der Waals surface area contributed by atoms with E-state index >= 15 is 0 Å². The third-order valence-corrected chi connectivity index (χ3v) is 4.09. The van der Waals surface area contributed by atoms with Gasteiger partial charge in [0.1, 0.15) is 5.75 Å². The van der Waals surface area contributed by atoms with Gasteiger partial charge >= 0.3 is 0 Å². The zero-order valence-electron chi connectivity index (χ0n) is 11.7. The molecule has 0 saturated carbocycles. The Labute approximate surface area is 122 Å². The van der Waals surface area contributed by atoms with Gasteiger partial charge in [-0.1, -0.05) is 12.1 Å². The Balaban J connectivity index is 1.96. The Kier molecular flexibility index (Phi) is 4.68. The number of rotatable bonds is 5. The van der Waals surface area contributed by atoms with Gasteiger partial charge in [-0.2, -0.15) is 5.10 Å². The second-order valence-corrected chi connectivity index (χ2v) is 5.29. The van der Waals surface area contributed by atoms with Crippen LogP contribution in [0.1, 0.15) is 11.4 Å². The number of nitrogens with zero attached hydrogens (tertiary/aromatic N) is 1.